The molecule has 0 saturated heterocycles. The molecule has 1 aliphatic rings. The molecular formula is C20H16F2N4O3S2. The molecule has 31 heavy (non-hydrogen) atoms. The molecule has 0 amide bonds. The third-order valence-electron chi connectivity index (χ3n) is 5.70. The minimum Gasteiger partial charge on any atom is -0.254 e. The molecule has 0 aliphatic heterocycles. The summed E-state index contributed by atoms with van der Waals surface area (Å²) in [7, 11) is -4.24. The third kappa shape index (κ3) is 2.66. The van der Waals surface area contributed by atoms with Gasteiger partial charge in [0.15, 0.2) is 5.82 Å². The van der Waals surface area contributed by atoms with Crippen LogP contribution in [0, 0.1) is 18.6 Å². The normalized spacial score (nSPS) is 15.6. The van der Waals surface area contributed by atoms with E-state index in [0.717, 1.165) is 16.1 Å². The first kappa shape index (κ1) is 20.0. The summed E-state index contributed by atoms with van der Waals surface area (Å²) in [5.74, 6) is -1.71. The monoisotopic (exact) mass is 462 g/mol. The Morgan fingerprint density at radius 3 is 2.68 bits per heavy atom. The maximum Gasteiger partial charge on any atom is 0.347 e. The Morgan fingerprint density at radius 1 is 1.29 bits per heavy atom. The van der Waals surface area contributed by atoms with Crippen LogP contribution in [0.1, 0.15) is 24.8 Å². The third-order valence-corrected chi connectivity index (χ3v) is 8.88. The van der Waals surface area contributed by atoms with Gasteiger partial charge >= 0.3 is 5.69 Å². The molecule has 5 rings (SSSR count). The maximum atomic E-state index is 15.5. The van der Waals surface area contributed by atoms with Crippen LogP contribution in [0.5, 0.6) is 0 Å². The molecule has 0 radical (unpaired) electrons. The van der Waals surface area contributed by atoms with E-state index < -0.39 is 32.1 Å². The SMILES string of the molecule is C=CCC1(S(=O)(=O)n2c(=O)n(-c3ccc(C)cc3F)c3c(F)c4nnsc4cc32)CC1. The smallest absolute Gasteiger partial charge is 0.254 e. The van der Waals surface area contributed by atoms with Gasteiger partial charge in [-0.15, -0.1) is 11.7 Å². The maximum absolute atomic E-state index is 15.5. The lowest BCUT2D eigenvalue weighted by molar-refractivity contribution is 0.565. The lowest BCUT2D eigenvalue weighted by atomic mass is 10.2. The van der Waals surface area contributed by atoms with E-state index >= 15 is 4.39 Å². The van der Waals surface area contributed by atoms with Crippen molar-refractivity contribution in [2.75, 3.05) is 0 Å². The number of halogens is 2. The molecule has 2 aromatic heterocycles. The van der Waals surface area contributed by atoms with Gasteiger partial charge in [0.2, 0.25) is 10.0 Å². The van der Waals surface area contributed by atoms with Crippen LogP contribution in [0.3, 0.4) is 0 Å². The Balaban J connectivity index is 1.96. The topological polar surface area (TPSA) is 86.9 Å². The lowest BCUT2D eigenvalue weighted by Crippen LogP contribution is -2.37. The second-order valence-corrected chi connectivity index (χ2v) is 10.7. The van der Waals surface area contributed by atoms with Gasteiger partial charge in [0.05, 0.1) is 20.7 Å². The first-order chi connectivity index (χ1) is 14.7. The van der Waals surface area contributed by atoms with E-state index in [1.54, 1.807) is 13.0 Å². The quantitative estimate of drug-likeness (QED) is 0.423. The van der Waals surface area contributed by atoms with Crippen molar-refractivity contribution in [3.8, 4) is 5.69 Å². The average Bonchev–Trinajstić information content (AvgIpc) is 3.24. The highest BCUT2D eigenvalue weighted by Gasteiger charge is 2.55. The van der Waals surface area contributed by atoms with Crippen molar-refractivity contribution in [2.45, 2.75) is 30.9 Å². The summed E-state index contributed by atoms with van der Waals surface area (Å²) >= 11 is 0.874. The largest absolute Gasteiger partial charge is 0.347 e. The van der Waals surface area contributed by atoms with Crippen molar-refractivity contribution < 1.29 is 17.2 Å². The van der Waals surface area contributed by atoms with E-state index in [0.29, 0.717) is 22.4 Å². The molecule has 11 heteroatoms. The zero-order chi connectivity index (χ0) is 22.1. The molecule has 4 aromatic rings. The van der Waals surface area contributed by atoms with E-state index in [-0.39, 0.29) is 33.4 Å². The number of allylic oxidation sites excluding steroid dienone is 1. The standard InChI is InChI=1S/C20H16F2N4O3S2/c1-3-6-20(7-8-20)31(28,29)26-14-10-15-17(23-24-30-15)16(22)18(14)25(19(26)27)13-5-4-11(2)9-12(13)21/h3-5,9-10H,1,6-8H2,2H3. The van der Waals surface area contributed by atoms with Crippen molar-refractivity contribution >= 4 is 42.8 Å². The van der Waals surface area contributed by atoms with Crippen molar-refractivity contribution in [1.29, 1.82) is 0 Å². The molecule has 160 valence electrons. The highest BCUT2D eigenvalue weighted by molar-refractivity contribution is 7.91. The van der Waals surface area contributed by atoms with E-state index in [4.69, 9.17) is 0 Å². The highest BCUT2D eigenvalue weighted by Crippen LogP contribution is 2.48. The number of fused-ring (bicyclic) bond motifs is 2. The molecule has 1 fully saturated rings. The minimum absolute atomic E-state index is 0.111. The highest BCUT2D eigenvalue weighted by atomic mass is 32.2. The summed E-state index contributed by atoms with van der Waals surface area (Å²) in [6.07, 6.45) is 2.35. The number of aryl methyl sites for hydroxylation is 1. The first-order valence-electron chi connectivity index (χ1n) is 9.42. The molecular weight excluding hydrogens is 446 g/mol. The van der Waals surface area contributed by atoms with Gasteiger partial charge in [0.25, 0.3) is 0 Å². The van der Waals surface area contributed by atoms with Gasteiger partial charge in [-0.05, 0) is 61.5 Å². The lowest BCUT2D eigenvalue weighted by Gasteiger charge is -2.15. The molecule has 0 atom stereocenters. The van der Waals surface area contributed by atoms with Gasteiger partial charge in [0, 0.05) is 0 Å². The average molecular weight is 463 g/mol. The van der Waals surface area contributed by atoms with Crippen LogP contribution in [0.15, 0.2) is 41.7 Å². The number of aromatic nitrogens is 4. The van der Waals surface area contributed by atoms with Crippen LogP contribution in [-0.4, -0.2) is 31.3 Å². The van der Waals surface area contributed by atoms with E-state index in [2.05, 4.69) is 16.2 Å². The number of rotatable bonds is 5. The minimum atomic E-state index is -4.24. The molecule has 0 bridgehead atoms. The van der Waals surface area contributed by atoms with Crippen LogP contribution >= 0.6 is 11.5 Å². The summed E-state index contributed by atoms with van der Waals surface area (Å²) in [6, 6.07) is 5.44. The number of benzene rings is 2. The van der Waals surface area contributed by atoms with Crippen molar-refractivity contribution in [3.05, 3.63) is 64.6 Å². The summed E-state index contributed by atoms with van der Waals surface area (Å²) in [5.41, 5.74) is -1.34. The number of hydrogen-bond donors (Lipinski definition) is 0. The van der Waals surface area contributed by atoms with Crippen molar-refractivity contribution in [2.24, 2.45) is 0 Å². The molecule has 7 nitrogen and oxygen atoms in total. The molecule has 2 heterocycles. The fourth-order valence-electron chi connectivity index (χ4n) is 3.93. The van der Waals surface area contributed by atoms with Crippen LogP contribution in [0.4, 0.5) is 8.78 Å². The van der Waals surface area contributed by atoms with Gasteiger partial charge in [-0.2, -0.15) is 3.97 Å². The van der Waals surface area contributed by atoms with Gasteiger partial charge in [-0.1, -0.05) is 16.6 Å². The van der Waals surface area contributed by atoms with E-state index in [1.165, 1.54) is 24.3 Å². The Bertz CT molecular complexity index is 1560. The number of nitrogens with zero attached hydrogens (tertiary/aromatic N) is 4. The van der Waals surface area contributed by atoms with E-state index in [1.807, 2.05) is 0 Å². The predicted molar refractivity (Wildman–Crippen MR) is 114 cm³/mol. The molecule has 0 spiro atoms. The number of hydrogen-bond acceptors (Lipinski definition) is 6. The fraction of sp³-hybridized carbons (Fsp3) is 0.250. The Kier molecular flexibility index (Phi) is 4.22. The Labute approximate surface area is 179 Å². The summed E-state index contributed by atoms with van der Waals surface area (Å²) < 4.78 is 61.6. The predicted octanol–water partition coefficient (Wildman–Crippen LogP) is 3.67. The van der Waals surface area contributed by atoms with Gasteiger partial charge < -0.3 is 0 Å². The second-order valence-electron chi connectivity index (χ2n) is 7.70. The van der Waals surface area contributed by atoms with Crippen molar-refractivity contribution in [3.63, 3.8) is 0 Å². The van der Waals surface area contributed by atoms with Gasteiger partial charge in [-0.25, -0.2) is 22.0 Å². The van der Waals surface area contributed by atoms with E-state index in [9.17, 15) is 17.6 Å². The first-order valence-corrected chi connectivity index (χ1v) is 11.6. The van der Waals surface area contributed by atoms with Gasteiger partial charge in [0.1, 0.15) is 16.9 Å². The second kappa shape index (κ2) is 6.54. The molecule has 2 aromatic carbocycles. The number of imidazole rings is 1. The van der Waals surface area contributed by atoms with Gasteiger partial charge in [-0.3, -0.25) is 4.57 Å². The summed E-state index contributed by atoms with van der Waals surface area (Å²) in [6.45, 7) is 5.28. The van der Waals surface area contributed by atoms with Crippen LogP contribution < -0.4 is 5.69 Å². The van der Waals surface area contributed by atoms with Crippen molar-refractivity contribution in [1.82, 2.24) is 18.1 Å². The Hall–Kier alpha value is -2.92. The van der Waals surface area contributed by atoms with Crippen LogP contribution in [0.2, 0.25) is 0 Å². The molecule has 0 N–H and O–H groups in total. The molecule has 0 unspecified atom stereocenters. The fourth-order valence-corrected chi connectivity index (χ4v) is 6.54. The van der Waals surface area contributed by atoms with Crippen LogP contribution in [-0.2, 0) is 10.0 Å². The zero-order valence-electron chi connectivity index (χ0n) is 16.3. The Morgan fingerprint density at radius 2 is 2.03 bits per heavy atom. The molecule has 1 aliphatic carbocycles. The zero-order valence-corrected chi connectivity index (χ0v) is 17.9. The molecule has 1 saturated carbocycles. The van der Waals surface area contributed by atoms with Crippen LogP contribution in [0.25, 0.3) is 26.9 Å². The summed E-state index contributed by atoms with van der Waals surface area (Å²) in [5, 5.41) is 3.74. The summed E-state index contributed by atoms with van der Waals surface area (Å²) in [4.78, 5) is 13.5.